The first-order chi connectivity index (χ1) is 14.5. The Labute approximate surface area is 173 Å². The van der Waals surface area contributed by atoms with Gasteiger partial charge in [0.1, 0.15) is 0 Å². The number of urea groups is 1. The number of aryl methyl sites for hydroxylation is 2. The molecule has 0 spiro atoms. The van der Waals surface area contributed by atoms with Crippen LogP contribution in [0.1, 0.15) is 11.4 Å². The minimum absolute atomic E-state index is 0.0850. The average Bonchev–Trinajstić information content (AvgIpc) is 3.33. The van der Waals surface area contributed by atoms with Gasteiger partial charge in [-0.2, -0.15) is 5.10 Å². The molecule has 1 aliphatic rings. The van der Waals surface area contributed by atoms with Crippen LogP contribution in [0.25, 0.3) is 33.4 Å². The number of rotatable bonds is 3. The van der Waals surface area contributed by atoms with Crippen molar-refractivity contribution in [2.45, 2.75) is 13.8 Å². The van der Waals surface area contributed by atoms with E-state index in [0.29, 0.717) is 13.1 Å². The molecule has 3 aromatic heterocycles. The number of anilines is 1. The molecule has 150 valence electrons. The monoisotopic (exact) mass is 399 g/mol. The third kappa shape index (κ3) is 2.97. The first-order valence-electron chi connectivity index (χ1n) is 9.79. The number of aromatic nitrogens is 5. The first-order valence-corrected chi connectivity index (χ1v) is 9.79. The maximum absolute atomic E-state index is 12.1. The number of fused-ring (bicyclic) bond motifs is 1. The topological polar surface area (TPSA) is 88.8 Å². The summed E-state index contributed by atoms with van der Waals surface area (Å²) >= 11 is 0. The molecule has 1 aromatic carbocycles. The van der Waals surface area contributed by atoms with E-state index in [4.69, 9.17) is 4.98 Å². The number of carbonyl (C=O) groups excluding carboxylic acids is 1. The quantitative estimate of drug-likeness (QED) is 0.571. The zero-order valence-electron chi connectivity index (χ0n) is 17.0. The molecule has 1 aliphatic heterocycles. The van der Waals surface area contributed by atoms with Crippen molar-refractivity contribution >= 4 is 22.6 Å². The van der Waals surface area contributed by atoms with Crippen LogP contribution in [-0.2, 0) is 7.05 Å². The highest BCUT2D eigenvalue weighted by molar-refractivity contribution is 6.00. The number of benzene rings is 1. The van der Waals surface area contributed by atoms with Gasteiger partial charge in [0.15, 0.2) is 0 Å². The summed E-state index contributed by atoms with van der Waals surface area (Å²) in [6, 6.07) is 7.86. The van der Waals surface area contributed by atoms with Crippen LogP contribution >= 0.6 is 0 Å². The molecule has 1 fully saturated rings. The van der Waals surface area contributed by atoms with Gasteiger partial charge in [0.05, 0.1) is 35.0 Å². The molecule has 1 N–H and O–H groups in total. The summed E-state index contributed by atoms with van der Waals surface area (Å²) < 4.78 is 1.83. The van der Waals surface area contributed by atoms with Gasteiger partial charge in [0, 0.05) is 54.2 Å². The lowest BCUT2D eigenvalue weighted by atomic mass is 10.0. The van der Waals surface area contributed by atoms with Crippen molar-refractivity contribution in [2.24, 2.45) is 7.05 Å². The molecular weight excluding hydrogens is 378 g/mol. The average molecular weight is 399 g/mol. The van der Waals surface area contributed by atoms with Crippen LogP contribution in [0, 0.1) is 13.8 Å². The second-order valence-corrected chi connectivity index (χ2v) is 7.45. The molecule has 30 heavy (non-hydrogen) atoms. The Bertz CT molecular complexity index is 1280. The van der Waals surface area contributed by atoms with E-state index in [-0.39, 0.29) is 6.03 Å². The number of carbonyl (C=O) groups is 1. The van der Waals surface area contributed by atoms with Crippen molar-refractivity contribution in [3.63, 3.8) is 0 Å². The standard InChI is InChI=1S/C22H21N7O/c1-13-10-25-21(12-24-13)17-9-20(18-11-26-28(3)14(18)2)27-19-8-15(4-5-16(17)19)29-7-6-23-22(29)30/h4-5,8-12H,6-7H2,1-3H3,(H,23,30). The van der Waals surface area contributed by atoms with Gasteiger partial charge in [-0.3, -0.25) is 19.5 Å². The first kappa shape index (κ1) is 18.2. The Kier molecular flexibility index (Phi) is 4.20. The van der Waals surface area contributed by atoms with Crippen LogP contribution in [0.2, 0.25) is 0 Å². The fraction of sp³-hybridized carbons (Fsp3) is 0.227. The minimum Gasteiger partial charge on any atom is -0.336 e. The fourth-order valence-electron chi connectivity index (χ4n) is 3.73. The molecule has 0 atom stereocenters. The third-order valence-corrected chi connectivity index (χ3v) is 5.53. The van der Waals surface area contributed by atoms with E-state index in [0.717, 1.165) is 50.5 Å². The highest BCUT2D eigenvalue weighted by Gasteiger charge is 2.22. The van der Waals surface area contributed by atoms with Gasteiger partial charge in [-0.05, 0) is 32.0 Å². The van der Waals surface area contributed by atoms with Crippen molar-refractivity contribution in [3.8, 4) is 22.5 Å². The lowest BCUT2D eigenvalue weighted by Gasteiger charge is -2.16. The van der Waals surface area contributed by atoms with Gasteiger partial charge in [0.25, 0.3) is 0 Å². The summed E-state index contributed by atoms with van der Waals surface area (Å²) in [6.07, 6.45) is 5.37. The molecule has 0 bridgehead atoms. The largest absolute Gasteiger partial charge is 0.336 e. The molecule has 4 heterocycles. The SMILES string of the molecule is Cc1cnc(-c2cc(-c3cnn(C)c3C)nc3cc(N4CCNC4=O)ccc23)cn1. The Balaban J connectivity index is 1.74. The van der Waals surface area contributed by atoms with E-state index in [1.807, 2.05) is 56.0 Å². The van der Waals surface area contributed by atoms with E-state index >= 15 is 0 Å². The third-order valence-electron chi connectivity index (χ3n) is 5.53. The number of hydrogen-bond donors (Lipinski definition) is 1. The molecule has 8 nitrogen and oxygen atoms in total. The van der Waals surface area contributed by atoms with Crippen LogP contribution < -0.4 is 10.2 Å². The van der Waals surface area contributed by atoms with Gasteiger partial charge in [-0.15, -0.1) is 0 Å². The van der Waals surface area contributed by atoms with Crippen LogP contribution in [0.4, 0.5) is 10.5 Å². The van der Waals surface area contributed by atoms with E-state index in [9.17, 15) is 4.79 Å². The predicted molar refractivity (Wildman–Crippen MR) is 115 cm³/mol. The molecule has 1 saturated heterocycles. The zero-order chi connectivity index (χ0) is 20.8. The lowest BCUT2D eigenvalue weighted by Crippen LogP contribution is -2.27. The van der Waals surface area contributed by atoms with Gasteiger partial charge in [0.2, 0.25) is 0 Å². The maximum Gasteiger partial charge on any atom is 0.321 e. The van der Waals surface area contributed by atoms with E-state index < -0.39 is 0 Å². The Hall–Kier alpha value is -3.81. The Morgan fingerprint density at radius 1 is 1.00 bits per heavy atom. The number of nitrogens with zero attached hydrogens (tertiary/aromatic N) is 6. The normalized spacial score (nSPS) is 13.8. The van der Waals surface area contributed by atoms with Crippen molar-refractivity contribution in [1.29, 1.82) is 0 Å². The van der Waals surface area contributed by atoms with Crippen molar-refractivity contribution in [3.05, 3.63) is 54.2 Å². The molecule has 8 heteroatoms. The summed E-state index contributed by atoms with van der Waals surface area (Å²) in [5.74, 6) is 0. The number of nitrogens with one attached hydrogen (secondary N) is 1. The van der Waals surface area contributed by atoms with Crippen LogP contribution in [0.3, 0.4) is 0 Å². The predicted octanol–water partition coefficient (Wildman–Crippen LogP) is 3.24. The van der Waals surface area contributed by atoms with Gasteiger partial charge >= 0.3 is 6.03 Å². The number of amides is 2. The van der Waals surface area contributed by atoms with Gasteiger partial charge in [-0.1, -0.05) is 6.07 Å². The molecule has 0 radical (unpaired) electrons. The summed E-state index contributed by atoms with van der Waals surface area (Å²) in [7, 11) is 1.91. The molecule has 5 rings (SSSR count). The zero-order valence-corrected chi connectivity index (χ0v) is 17.0. The Morgan fingerprint density at radius 2 is 1.87 bits per heavy atom. The summed E-state index contributed by atoms with van der Waals surface area (Å²) in [5.41, 5.74) is 7.01. The highest BCUT2D eigenvalue weighted by atomic mass is 16.2. The van der Waals surface area contributed by atoms with E-state index in [2.05, 4.69) is 20.4 Å². The van der Waals surface area contributed by atoms with Gasteiger partial charge < -0.3 is 5.32 Å². The van der Waals surface area contributed by atoms with Crippen molar-refractivity contribution < 1.29 is 4.79 Å². The van der Waals surface area contributed by atoms with E-state index in [1.54, 1.807) is 17.3 Å². The summed E-state index contributed by atoms with van der Waals surface area (Å²) in [5, 5.41) is 8.17. The second kappa shape index (κ2) is 6.91. The molecular formula is C22H21N7O. The maximum atomic E-state index is 12.1. The van der Waals surface area contributed by atoms with Crippen molar-refractivity contribution in [1.82, 2.24) is 30.0 Å². The second-order valence-electron chi connectivity index (χ2n) is 7.45. The number of hydrogen-bond acceptors (Lipinski definition) is 5. The van der Waals surface area contributed by atoms with Crippen LogP contribution in [0.5, 0.6) is 0 Å². The fourth-order valence-corrected chi connectivity index (χ4v) is 3.73. The lowest BCUT2D eigenvalue weighted by molar-refractivity contribution is 0.252. The summed E-state index contributed by atoms with van der Waals surface area (Å²) in [6.45, 7) is 5.22. The molecule has 0 aliphatic carbocycles. The molecule has 4 aromatic rings. The van der Waals surface area contributed by atoms with Crippen LogP contribution in [0.15, 0.2) is 42.9 Å². The molecule has 2 amide bonds. The number of pyridine rings is 1. The Morgan fingerprint density at radius 3 is 2.53 bits per heavy atom. The molecule has 0 saturated carbocycles. The molecule has 0 unspecified atom stereocenters. The van der Waals surface area contributed by atoms with E-state index in [1.165, 1.54) is 0 Å². The minimum atomic E-state index is -0.0850. The highest BCUT2D eigenvalue weighted by Crippen LogP contribution is 2.34. The smallest absolute Gasteiger partial charge is 0.321 e. The van der Waals surface area contributed by atoms with Crippen LogP contribution in [-0.4, -0.2) is 43.9 Å². The summed E-state index contributed by atoms with van der Waals surface area (Å²) in [4.78, 5) is 27.8. The van der Waals surface area contributed by atoms with Gasteiger partial charge in [-0.25, -0.2) is 9.78 Å². The van der Waals surface area contributed by atoms with Crippen molar-refractivity contribution in [2.75, 3.05) is 18.0 Å².